The van der Waals surface area contributed by atoms with E-state index in [-0.39, 0.29) is 0 Å². The van der Waals surface area contributed by atoms with E-state index in [2.05, 4.69) is 37.1 Å². The summed E-state index contributed by atoms with van der Waals surface area (Å²) < 4.78 is 0. The molecule has 0 atom stereocenters. The largest absolute Gasteiger partial charge is 0.373 e. The van der Waals surface area contributed by atoms with Crippen LogP contribution in [0, 0.1) is 0 Å². The first kappa shape index (κ1) is 20.3. The molecule has 0 fully saturated rings. The van der Waals surface area contributed by atoms with Crippen molar-refractivity contribution >= 4 is 0 Å². The summed E-state index contributed by atoms with van der Waals surface area (Å²) in [7, 11) is 0. The van der Waals surface area contributed by atoms with Gasteiger partial charge in [0.2, 0.25) is 0 Å². The standard InChI is InChI=1S/C22H41N/c1-3-4-5-6-7-8-9-10-11-12-13-14-15-16-19-23-20-17-18-22(2)21-23/h17-18,20H,3-16,19,21H2,1-2H3. The average molecular weight is 320 g/mol. The summed E-state index contributed by atoms with van der Waals surface area (Å²) in [6.45, 7) is 6.89. The van der Waals surface area contributed by atoms with Crippen molar-refractivity contribution in [2.45, 2.75) is 104 Å². The SMILES string of the molecule is CCCCCCCCCCCCCCCCN1C=CC=C(C)C1. The lowest BCUT2D eigenvalue weighted by Gasteiger charge is -2.23. The van der Waals surface area contributed by atoms with Gasteiger partial charge in [0.05, 0.1) is 0 Å². The van der Waals surface area contributed by atoms with Gasteiger partial charge in [-0.3, -0.25) is 0 Å². The molecule has 0 bridgehead atoms. The van der Waals surface area contributed by atoms with Gasteiger partial charge in [-0.1, -0.05) is 102 Å². The molecule has 23 heavy (non-hydrogen) atoms. The van der Waals surface area contributed by atoms with E-state index in [9.17, 15) is 0 Å². The van der Waals surface area contributed by atoms with Crippen molar-refractivity contribution in [3.63, 3.8) is 0 Å². The van der Waals surface area contributed by atoms with Crippen LogP contribution in [0.15, 0.2) is 23.9 Å². The van der Waals surface area contributed by atoms with Gasteiger partial charge in [0.25, 0.3) is 0 Å². The summed E-state index contributed by atoms with van der Waals surface area (Å²) in [5.74, 6) is 0. The molecule has 0 unspecified atom stereocenters. The van der Waals surface area contributed by atoms with E-state index in [1.165, 1.54) is 102 Å². The molecule has 1 rings (SSSR count). The summed E-state index contributed by atoms with van der Waals surface area (Å²) >= 11 is 0. The molecule has 1 heterocycles. The molecule has 0 aliphatic carbocycles. The minimum Gasteiger partial charge on any atom is -0.373 e. The zero-order chi connectivity index (χ0) is 16.6. The van der Waals surface area contributed by atoms with E-state index in [0.717, 1.165) is 6.54 Å². The van der Waals surface area contributed by atoms with Crippen LogP contribution in [-0.4, -0.2) is 18.0 Å². The highest BCUT2D eigenvalue weighted by Gasteiger charge is 2.03. The maximum Gasteiger partial charge on any atom is 0.0383 e. The fourth-order valence-corrected chi connectivity index (χ4v) is 3.42. The molecule has 1 heteroatoms. The Bertz CT molecular complexity index is 316. The van der Waals surface area contributed by atoms with Crippen LogP contribution < -0.4 is 0 Å². The van der Waals surface area contributed by atoms with Crippen LogP contribution >= 0.6 is 0 Å². The molecule has 0 saturated carbocycles. The second-order valence-electron chi connectivity index (χ2n) is 7.42. The molecule has 134 valence electrons. The highest BCUT2D eigenvalue weighted by molar-refractivity contribution is 5.16. The Balaban J connectivity index is 1.73. The third kappa shape index (κ3) is 12.4. The van der Waals surface area contributed by atoms with E-state index in [0.29, 0.717) is 0 Å². The molecule has 1 aliphatic rings. The van der Waals surface area contributed by atoms with Crippen LogP contribution in [0.1, 0.15) is 104 Å². The number of nitrogens with zero attached hydrogens (tertiary/aromatic N) is 1. The summed E-state index contributed by atoms with van der Waals surface area (Å²) in [5, 5.41) is 0. The molecule has 0 radical (unpaired) electrons. The van der Waals surface area contributed by atoms with E-state index in [1.807, 2.05) is 0 Å². The summed E-state index contributed by atoms with van der Waals surface area (Å²) in [4.78, 5) is 2.45. The first-order valence-corrected chi connectivity index (χ1v) is 10.4. The number of unbranched alkanes of at least 4 members (excludes halogenated alkanes) is 13. The Morgan fingerprint density at radius 3 is 1.70 bits per heavy atom. The van der Waals surface area contributed by atoms with Crippen molar-refractivity contribution < 1.29 is 0 Å². The van der Waals surface area contributed by atoms with Gasteiger partial charge in [-0.05, 0) is 25.6 Å². The molecule has 0 aromatic heterocycles. The molecular formula is C22H41N. The van der Waals surface area contributed by atoms with Crippen LogP contribution in [0.5, 0.6) is 0 Å². The van der Waals surface area contributed by atoms with Gasteiger partial charge in [-0.2, -0.15) is 0 Å². The molecule has 0 spiro atoms. The van der Waals surface area contributed by atoms with E-state index < -0.39 is 0 Å². The van der Waals surface area contributed by atoms with Gasteiger partial charge >= 0.3 is 0 Å². The molecular weight excluding hydrogens is 278 g/mol. The Kier molecular flexibility index (Phi) is 13.1. The van der Waals surface area contributed by atoms with Crippen molar-refractivity contribution in [3.8, 4) is 0 Å². The topological polar surface area (TPSA) is 3.24 Å². The van der Waals surface area contributed by atoms with Crippen molar-refractivity contribution in [3.05, 3.63) is 23.9 Å². The number of hydrogen-bond donors (Lipinski definition) is 0. The maximum atomic E-state index is 2.45. The van der Waals surface area contributed by atoms with E-state index in [1.54, 1.807) is 0 Å². The quantitative estimate of drug-likeness (QED) is 0.287. The molecule has 0 aromatic carbocycles. The first-order chi connectivity index (χ1) is 11.3. The lowest BCUT2D eigenvalue weighted by atomic mass is 10.0. The zero-order valence-electron chi connectivity index (χ0n) is 16.0. The molecule has 1 nitrogen and oxygen atoms in total. The summed E-state index contributed by atoms with van der Waals surface area (Å²) in [5.41, 5.74) is 1.48. The normalized spacial score (nSPS) is 14.3. The summed E-state index contributed by atoms with van der Waals surface area (Å²) in [6, 6.07) is 0. The van der Waals surface area contributed by atoms with Gasteiger partial charge < -0.3 is 4.90 Å². The maximum absolute atomic E-state index is 2.45. The predicted octanol–water partition coefficient (Wildman–Crippen LogP) is 7.24. The molecule has 0 aromatic rings. The second kappa shape index (κ2) is 14.8. The number of allylic oxidation sites excluding steroid dienone is 2. The molecule has 0 N–H and O–H groups in total. The summed E-state index contributed by atoms with van der Waals surface area (Å²) in [6.07, 6.45) is 26.8. The van der Waals surface area contributed by atoms with Crippen LogP contribution in [0.3, 0.4) is 0 Å². The van der Waals surface area contributed by atoms with Crippen molar-refractivity contribution in [2.75, 3.05) is 13.1 Å². The van der Waals surface area contributed by atoms with E-state index >= 15 is 0 Å². The van der Waals surface area contributed by atoms with Gasteiger partial charge in [0.1, 0.15) is 0 Å². The smallest absolute Gasteiger partial charge is 0.0383 e. The Morgan fingerprint density at radius 2 is 1.22 bits per heavy atom. The van der Waals surface area contributed by atoms with Crippen LogP contribution in [0.4, 0.5) is 0 Å². The lowest BCUT2D eigenvalue weighted by molar-refractivity contribution is 0.383. The highest BCUT2D eigenvalue weighted by Crippen LogP contribution is 2.13. The van der Waals surface area contributed by atoms with E-state index in [4.69, 9.17) is 0 Å². The highest BCUT2D eigenvalue weighted by atomic mass is 15.1. The second-order valence-corrected chi connectivity index (χ2v) is 7.42. The number of rotatable bonds is 15. The number of hydrogen-bond acceptors (Lipinski definition) is 1. The minimum atomic E-state index is 1.13. The molecule has 0 saturated heterocycles. The fourth-order valence-electron chi connectivity index (χ4n) is 3.42. The third-order valence-electron chi connectivity index (χ3n) is 4.93. The zero-order valence-corrected chi connectivity index (χ0v) is 16.0. The predicted molar refractivity (Wildman–Crippen MR) is 105 cm³/mol. The van der Waals surface area contributed by atoms with Gasteiger partial charge in [-0.25, -0.2) is 0 Å². The van der Waals surface area contributed by atoms with Gasteiger partial charge in [0, 0.05) is 13.1 Å². The van der Waals surface area contributed by atoms with Crippen LogP contribution in [0.2, 0.25) is 0 Å². The first-order valence-electron chi connectivity index (χ1n) is 10.4. The monoisotopic (exact) mass is 319 g/mol. The van der Waals surface area contributed by atoms with Crippen molar-refractivity contribution in [2.24, 2.45) is 0 Å². The van der Waals surface area contributed by atoms with Gasteiger partial charge in [0.15, 0.2) is 0 Å². The van der Waals surface area contributed by atoms with Crippen molar-refractivity contribution in [1.29, 1.82) is 0 Å². The Hall–Kier alpha value is -0.720. The lowest BCUT2D eigenvalue weighted by Crippen LogP contribution is -2.22. The van der Waals surface area contributed by atoms with Gasteiger partial charge in [-0.15, -0.1) is 0 Å². The third-order valence-corrected chi connectivity index (χ3v) is 4.93. The van der Waals surface area contributed by atoms with Crippen LogP contribution in [-0.2, 0) is 0 Å². The Morgan fingerprint density at radius 1 is 0.739 bits per heavy atom. The van der Waals surface area contributed by atoms with Crippen LogP contribution in [0.25, 0.3) is 0 Å². The van der Waals surface area contributed by atoms with Crippen molar-refractivity contribution in [1.82, 2.24) is 4.90 Å². The molecule has 0 amide bonds. The fraction of sp³-hybridized carbons (Fsp3) is 0.818. The Labute approximate surface area is 146 Å². The average Bonchev–Trinajstić information content (AvgIpc) is 2.55. The minimum absolute atomic E-state index is 1.13. The molecule has 1 aliphatic heterocycles.